The smallest absolute Gasteiger partial charge is 0.118 e. The molecule has 1 aromatic heterocycles. The fraction of sp³-hybridized carbons (Fsp3) is 0.526. The lowest BCUT2D eigenvalue weighted by Gasteiger charge is -2.21. The molecule has 1 aromatic carbocycles. The molecule has 0 fully saturated rings. The van der Waals surface area contributed by atoms with Gasteiger partial charge in [0.1, 0.15) is 5.75 Å². The van der Waals surface area contributed by atoms with E-state index < -0.39 is 6.10 Å². The number of ether oxygens (including phenoxy) is 1. The molecule has 5 heteroatoms. The van der Waals surface area contributed by atoms with E-state index in [1.165, 1.54) is 11.3 Å². The maximum absolute atomic E-state index is 10.3. The zero-order chi connectivity index (χ0) is 17.9. The molecule has 5 nitrogen and oxygen atoms in total. The third-order valence-electron chi connectivity index (χ3n) is 4.22. The molecule has 0 amide bonds. The molecule has 2 aromatic rings. The number of rotatable bonds is 6. The molecule has 1 unspecified atom stereocenters. The number of hydrogen-bond donors (Lipinski definition) is 2. The third-order valence-corrected chi connectivity index (χ3v) is 4.22. The summed E-state index contributed by atoms with van der Waals surface area (Å²) < 4.78 is 7.21. The molecule has 1 heterocycles. The van der Waals surface area contributed by atoms with Gasteiger partial charge in [-0.3, -0.25) is 4.68 Å². The lowest BCUT2D eigenvalue weighted by atomic mass is 10.1. The van der Waals surface area contributed by atoms with Gasteiger partial charge in [-0.2, -0.15) is 5.10 Å². The van der Waals surface area contributed by atoms with E-state index in [1.807, 2.05) is 31.2 Å². The topological polar surface area (TPSA) is 59.3 Å². The van der Waals surface area contributed by atoms with E-state index in [4.69, 9.17) is 4.74 Å². The van der Waals surface area contributed by atoms with Crippen molar-refractivity contribution in [2.75, 3.05) is 13.7 Å². The molecule has 0 aliphatic carbocycles. The van der Waals surface area contributed by atoms with Crippen molar-refractivity contribution in [2.45, 2.75) is 52.8 Å². The average molecular weight is 331 g/mol. The normalized spacial score (nSPS) is 13.1. The zero-order valence-electron chi connectivity index (χ0n) is 15.6. The maximum Gasteiger partial charge on any atom is 0.118 e. The van der Waals surface area contributed by atoms with E-state index in [2.05, 4.69) is 42.8 Å². The van der Waals surface area contributed by atoms with Crippen molar-refractivity contribution in [1.82, 2.24) is 15.1 Å². The molecule has 2 rings (SSSR count). The fourth-order valence-corrected chi connectivity index (χ4v) is 2.86. The summed E-state index contributed by atoms with van der Waals surface area (Å²) in [7, 11) is 1.63. The molecule has 1 atom stereocenters. The maximum atomic E-state index is 10.3. The van der Waals surface area contributed by atoms with E-state index >= 15 is 0 Å². The van der Waals surface area contributed by atoms with Crippen LogP contribution in [0.25, 0.3) is 0 Å². The number of hydrogen-bond acceptors (Lipinski definition) is 4. The second-order valence-electron chi connectivity index (χ2n) is 7.15. The number of aromatic nitrogens is 2. The van der Waals surface area contributed by atoms with Crippen LogP contribution in [0.2, 0.25) is 0 Å². The Bertz CT molecular complexity index is 669. The van der Waals surface area contributed by atoms with Crippen molar-refractivity contribution in [3.05, 3.63) is 46.8 Å². The van der Waals surface area contributed by atoms with Crippen LogP contribution in [-0.4, -0.2) is 28.5 Å². The highest BCUT2D eigenvalue weighted by Crippen LogP contribution is 2.21. The molecule has 24 heavy (non-hydrogen) atoms. The van der Waals surface area contributed by atoms with Gasteiger partial charge in [0, 0.05) is 24.3 Å². The van der Waals surface area contributed by atoms with E-state index in [1.54, 1.807) is 7.11 Å². The van der Waals surface area contributed by atoms with Crippen LogP contribution in [0.3, 0.4) is 0 Å². The lowest BCUT2D eigenvalue weighted by molar-refractivity contribution is 0.174. The first kappa shape index (κ1) is 18.5. The van der Waals surface area contributed by atoms with Gasteiger partial charge >= 0.3 is 0 Å². The average Bonchev–Trinajstić information content (AvgIpc) is 2.83. The third kappa shape index (κ3) is 4.16. The lowest BCUT2D eigenvalue weighted by Crippen LogP contribution is -2.25. The Hall–Kier alpha value is -1.85. The Balaban J connectivity index is 1.97. The zero-order valence-corrected chi connectivity index (χ0v) is 15.6. The monoisotopic (exact) mass is 331 g/mol. The van der Waals surface area contributed by atoms with Crippen molar-refractivity contribution in [3.63, 3.8) is 0 Å². The van der Waals surface area contributed by atoms with Gasteiger partial charge in [0.05, 0.1) is 24.4 Å². The van der Waals surface area contributed by atoms with Crippen LogP contribution in [-0.2, 0) is 12.1 Å². The number of aryl methyl sites for hydroxylation is 1. The number of benzene rings is 1. The summed E-state index contributed by atoms with van der Waals surface area (Å²) in [5.41, 5.74) is 4.25. The Morgan fingerprint density at radius 2 is 1.83 bits per heavy atom. The summed E-state index contributed by atoms with van der Waals surface area (Å²) in [6.07, 6.45) is -0.547. The van der Waals surface area contributed by atoms with Crippen LogP contribution < -0.4 is 10.1 Å². The van der Waals surface area contributed by atoms with Gasteiger partial charge in [0.2, 0.25) is 0 Å². The quantitative estimate of drug-likeness (QED) is 0.854. The molecule has 0 spiro atoms. The van der Waals surface area contributed by atoms with Crippen molar-refractivity contribution in [1.29, 1.82) is 0 Å². The van der Waals surface area contributed by atoms with E-state index in [-0.39, 0.29) is 5.54 Å². The van der Waals surface area contributed by atoms with Gasteiger partial charge in [-0.1, -0.05) is 12.1 Å². The van der Waals surface area contributed by atoms with Gasteiger partial charge in [-0.05, 0) is 52.3 Å². The predicted octanol–water partition coefficient (Wildman–Crippen LogP) is 3.09. The van der Waals surface area contributed by atoms with Gasteiger partial charge in [-0.15, -0.1) is 0 Å². The second-order valence-corrected chi connectivity index (χ2v) is 7.15. The summed E-state index contributed by atoms with van der Waals surface area (Å²) in [6.45, 7) is 11.8. The number of nitrogens with one attached hydrogen (secondary N) is 1. The molecule has 0 radical (unpaired) electrons. The molecule has 0 bridgehead atoms. The van der Waals surface area contributed by atoms with Gasteiger partial charge in [0.15, 0.2) is 0 Å². The number of aliphatic hydroxyl groups excluding tert-OH is 1. The van der Waals surface area contributed by atoms with Crippen molar-refractivity contribution in [3.8, 4) is 5.75 Å². The highest BCUT2D eigenvalue weighted by atomic mass is 16.5. The Morgan fingerprint density at radius 3 is 2.33 bits per heavy atom. The SMILES string of the molecule is COc1ccc(C(O)CNCc2c(C)nn(C(C)(C)C)c2C)cc1. The Labute approximate surface area is 144 Å². The highest BCUT2D eigenvalue weighted by Gasteiger charge is 2.20. The number of aliphatic hydroxyl groups is 1. The number of methoxy groups -OCH3 is 1. The van der Waals surface area contributed by atoms with Crippen molar-refractivity contribution >= 4 is 0 Å². The van der Waals surface area contributed by atoms with Gasteiger partial charge in [0.25, 0.3) is 0 Å². The van der Waals surface area contributed by atoms with Crippen LogP contribution in [0, 0.1) is 13.8 Å². The minimum Gasteiger partial charge on any atom is -0.497 e. The minimum absolute atomic E-state index is 0.0320. The molecule has 132 valence electrons. The predicted molar refractivity (Wildman–Crippen MR) is 96.4 cm³/mol. The van der Waals surface area contributed by atoms with E-state index in [0.29, 0.717) is 13.1 Å². The molecule has 0 aliphatic heterocycles. The first-order valence-electron chi connectivity index (χ1n) is 8.32. The Morgan fingerprint density at radius 1 is 1.21 bits per heavy atom. The first-order valence-corrected chi connectivity index (χ1v) is 8.32. The van der Waals surface area contributed by atoms with Crippen LogP contribution >= 0.6 is 0 Å². The molecule has 0 aliphatic rings. The second kappa shape index (κ2) is 7.36. The van der Waals surface area contributed by atoms with E-state index in [0.717, 1.165) is 17.0 Å². The Kier molecular flexibility index (Phi) is 5.67. The largest absolute Gasteiger partial charge is 0.497 e. The van der Waals surface area contributed by atoms with Crippen LogP contribution in [0.5, 0.6) is 5.75 Å². The van der Waals surface area contributed by atoms with E-state index in [9.17, 15) is 5.11 Å². The molecular weight excluding hydrogens is 302 g/mol. The van der Waals surface area contributed by atoms with Gasteiger partial charge in [-0.25, -0.2) is 0 Å². The summed E-state index contributed by atoms with van der Waals surface area (Å²) >= 11 is 0. The fourth-order valence-electron chi connectivity index (χ4n) is 2.86. The number of nitrogens with zero attached hydrogens (tertiary/aromatic N) is 2. The summed E-state index contributed by atoms with van der Waals surface area (Å²) in [5, 5.41) is 18.3. The first-order chi connectivity index (χ1) is 11.2. The summed E-state index contributed by atoms with van der Waals surface area (Å²) in [6, 6.07) is 7.50. The van der Waals surface area contributed by atoms with Crippen molar-refractivity contribution in [2.24, 2.45) is 0 Å². The highest BCUT2D eigenvalue weighted by molar-refractivity contribution is 5.29. The summed E-state index contributed by atoms with van der Waals surface area (Å²) in [4.78, 5) is 0. The summed E-state index contributed by atoms with van der Waals surface area (Å²) in [5.74, 6) is 0.791. The molecular formula is C19H29N3O2. The van der Waals surface area contributed by atoms with Gasteiger partial charge < -0.3 is 15.2 Å². The standard InChI is InChI=1S/C19H29N3O2/c1-13-17(14(2)22(21-13)19(3,4)5)11-20-12-18(23)15-7-9-16(24-6)10-8-15/h7-10,18,20,23H,11-12H2,1-6H3. The van der Waals surface area contributed by atoms with Crippen LogP contribution in [0.15, 0.2) is 24.3 Å². The molecule has 0 saturated carbocycles. The molecule has 2 N–H and O–H groups in total. The van der Waals surface area contributed by atoms with Crippen molar-refractivity contribution < 1.29 is 9.84 Å². The molecule has 0 saturated heterocycles. The van der Waals surface area contributed by atoms with Crippen LogP contribution in [0.4, 0.5) is 0 Å². The van der Waals surface area contributed by atoms with Crippen LogP contribution in [0.1, 0.15) is 49.4 Å². The minimum atomic E-state index is -0.547.